The van der Waals surface area contributed by atoms with Gasteiger partial charge in [-0.25, -0.2) is 0 Å². The molecule has 0 saturated carbocycles. The number of hydrogen-bond acceptors (Lipinski definition) is 2. The maximum atomic E-state index is 9.42. The first-order chi connectivity index (χ1) is 8.56. The highest BCUT2D eigenvalue weighted by atomic mass is 79.9. The maximum Gasteiger partial charge on any atom is 0.141 e. The predicted molar refractivity (Wildman–Crippen MR) is 76.3 cm³/mol. The summed E-state index contributed by atoms with van der Waals surface area (Å²) in [7, 11) is 0. The molecule has 0 unspecified atom stereocenters. The second-order valence-corrected chi connectivity index (χ2v) is 5.21. The smallest absolute Gasteiger partial charge is 0.141 e. The van der Waals surface area contributed by atoms with Crippen LogP contribution in [-0.4, -0.2) is 5.11 Å². The van der Waals surface area contributed by atoms with E-state index >= 15 is 0 Å². The van der Waals surface area contributed by atoms with Gasteiger partial charge in [0, 0.05) is 5.02 Å². The zero-order valence-corrected chi connectivity index (χ0v) is 12.1. The van der Waals surface area contributed by atoms with E-state index in [9.17, 15) is 5.11 Å². The fourth-order valence-electron chi connectivity index (χ4n) is 1.50. The largest absolute Gasteiger partial charge is 0.456 e. The summed E-state index contributed by atoms with van der Waals surface area (Å²) in [6, 6.07) is 12.7. The molecule has 0 heterocycles. The molecular weight excluding hydrogens is 316 g/mol. The number of rotatable bonds is 3. The summed E-state index contributed by atoms with van der Waals surface area (Å²) in [5.74, 6) is 1.41. The minimum absolute atomic E-state index is 0.471. The number of halogens is 2. The van der Waals surface area contributed by atoms with Crippen molar-refractivity contribution in [3.63, 3.8) is 0 Å². The van der Waals surface area contributed by atoms with Gasteiger partial charge in [0.05, 0.1) is 10.6 Å². The van der Waals surface area contributed by atoms with E-state index in [2.05, 4.69) is 15.9 Å². The van der Waals surface area contributed by atoms with Crippen molar-refractivity contribution in [3.8, 4) is 11.5 Å². The van der Waals surface area contributed by atoms with Crippen LogP contribution < -0.4 is 4.74 Å². The Morgan fingerprint density at radius 2 is 1.83 bits per heavy atom. The van der Waals surface area contributed by atoms with Gasteiger partial charge in [0.15, 0.2) is 0 Å². The average molecular weight is 328 g/mol. The summed E-state index contributed by atoms with van der Waals surface area (Å²) in [4.78, 5) is 0. The second kappa shape index (κ2) is 5.74. The SMILES string of the molecule is C[C@@H](O)c1ccc(Oc2ccc(Cl)cc2Br)cc1. The van der Waals surface area contributed by atoms with Crippen molar-refractivity contribution in [2.45, 2.75) is 13.0 Å². The molecule has 0 bridgehead atoms. The molecular formula is C14H12BrClO2. The molecule has 0 spiro atoms. The summed E-state index contributed by atoms with van der Waals surface area (Å²) in [6.45, 7) is 1.73. The van der Waals surface area contributed by atoms with E-state index in [4.69, 9.17) is 16.3 Å². The fourth-order valence-corrected chi connectivity index (χ4v) is 2.26. The van der Waals surface area contributed by atoms with Crippen molar-refractivity contribution >= 4 is 27.5 Å². The van der Waals surface area contributed by atoms with Gasteiger partial charge in [-0.1, -0.05) is 23.7 Å². The Morgan fingerprint density at radius 1 is 1.17 bits per heavy atom. The zero-order chi connectivity index (χ0) is 13.1. The molecule has 18 heavy (non-hydrogen) atoms. The van der Waals surface area contributed by atoms with Gasteiger partial charge in [0.25, 0.3) is 0 Å². The molecule has 0 saturated heterocycles. The third-order valence-electron chi connectivity index (χ3n) is 2.48. The van der Waals surface area contributed by atoms with Crippen LogP contribution in [0.25, 0.3) is 0 Å². The monoisotopic (exact) mass is 326 g/mol. The Kier molecular flexibility index (Phi) is 4.27. The van der Waals surface area contributed by atoms with Crippen molar-refractivity contribution in [2.24, 2.45) is 0 Å². The molecule has 0 fully saturated rings. The highest BCUT2D eigenvalue weighted by Crippen LogP contribution is 2.32. The lowest BCUT2D eigenvalue weighted by Crippen LogP contribution is -1.91. The van der Waals surface area contributed by atoms with Gasteiger partial charge in [0.1, 0.15) is 11.5 Å². The van der Waals surface area contributed by atoms with Gasteiger partial charge in [-0.15, -0.1) is 0 Å². The number of benzene rings is 2. The Bertz CT molecular complexity index is 538. The van der Waals surface area contributed by atoms with E-state index in [-0.39, 0.29) is 0 Å². The van der Waals surface area contributed by atoms with Crippen LogP contribution in [0.4, 0.5) is 0 Å². The Balaban J connectivity index is 2.18. The summed E-state index contributed by atoms with van der Waals surface area (Å²) in [5.41, 5.74) is 0.859. The van der Waals surface area contributed by atoms with Crippen molar-refractivity contribution in [1.82, 2.24) is 0 Å². The first-order valence-corrected chi connectivity index (χ1v) is 6.64. The van der Waals surface area contributed by atoms with Crippen LogP contribution in [0.15, 0.2) is 46.9 Å². The second-order valence-electron chi connectivity index (χ2n) is 3.92. The molecule has 0 radical (unpaired) electrons. The van der Waals surface area contributed by atoms with Gasteiger partial charge in [-0.05, 0) is 58.7 Å². The van der Waals surface area contributed by atoms with Crippen molar-refractivity contribution in [1.29, 1.82) is 0 Å². The Morgan fingerprint density at radius 3 is 2.39 bits per heavy atom. The first-order valence-electron chi connectivity index (χ1n) is 5.47. The van der Waals surface area contributed by atoms with Crippen LogP contribution in [0.2, 0.25) is 5.02 Å². The molecule has 2 nitrogen and oxygen atoms in total. The molecule has 0 amide bonds. The van der Waals surface area contributed by atoms with Gasteiger partial charge >= 0.3 is 0 Å². The molecule has 0 aliphatic heterocycles. The third-order valence-corrected chi connectivity index (χ3v) is 3.34. The van der Waals surface area contributed by atoms with E-state index in [0.717, 1.165) is 10.0 Å². The van der Waals surface area contributed by atoms with Crippen LogP contribution >= 0.6 is 27.5 Å². The highest BCUT2D eigenvalue weighted by molar-refractivity contribution is 9.10. The lowest BCUT2D eigenvalue weighted by atomic mass is 10.1. The van der Waals surface area contributed by atoms with E-state index in [1.54, 1.807) is 25.1 Å². The Labute approximate surface area is 119 Å². The standard InChI is InChI=1S/C14H12BrClO2/c1-9(17)10-2-5-12(6-3-10)18-14-7-4-11(16)8-13(14)15/h2-9,17H,1H3/t9-/m1/s1. The lowest BCUT2D eigenvalue weighted by Gasteiger charge is -2.09. The third kappa shape index (κ3) is 3.25. The van der Waals surface area contributed by atoms with Gasteiger partial charge < -0.3 is 9.84 Å². The van der Waals surface area contributed by atoms with Crippen molar-refractivity contribution < 1.29 is 9.84 Å². The molecule has 94 valence electrons. The van der Waals surface area contributed by atoms with Crippen LogP contribution in [0.5, 0.6) is 11.5 Å². The Hall–Kier alpha value is -1.03. The molecule has 2 aromatic rings. The minimum atomic E-state index is -0.471. The van der Waals surface area contributed by atoms with E-state index in [0.29, 0.717) is 16.5 Å². The lowest BCUT2D eigenvalue weighted by molar-refractivity contribution is 0.199. The zero-order valence-electron chi connectivity index (χ0n) is 9.73. The molecule has 1 atom stereocenters. The average Bonchev–Trinajstić information content (AvgIpc) is 2.33. The van der Waals surface area contributed by atoms with Crippen LogP contribution in [-0.2, 0) is 0 Å². The topological polar surface area (TPSA) is 29.5 Å². The van der Waals surface area contributed by atoms with Gasteiger partial charge in [0.2, 0.25) is 0 Å². The molecule has 1 N–H and O–H groups in total. The van der Waals surface area contributed by atoms with Crippen molar-refractivity contribution in [2.75, 3.05) is 0 Å². The summed E-state index contributed by atoms with van der Waals surface area (Å²) >= 11 is 9.26. The van der Waals surface area contributed by atoms with Crippen LogP contribution in [0.1, 0.15) is 18.6 Å². The minimum Gasteiger partial charge on any atom is -0.456 e. The maximum absolute atomic E-state index is 9.42. The normalized spacial score (nSPS) is 12.2. The van der Waals surface area contributed by atoms with E-state index < -0.39 is 6.10 Å². The van der Waals surface area contributed by atoms with Gasteiger partial charge in [-0.3, -0.25) is 0 Å². The number of hydrogen-bond donors (Lipinski definition) is 1. The molecule has 0 aliphatic carbocycles. The van der Waals surface area contributed by atoms with Crippen molar-refractivity contribution in [3.05, 3.63) is 57.5 Å². The van der Waals surface area contributed by atoms with Crippen LogP contribution in [0, 0.1) is 0 Å². The number of aliphatic hydroxyl groups excluding tert-OH is 1. The number of ether oxygens (including phenoxy) is 1. The molecule has 2 rings (SSSR count). The summed E-state index contributed by atoms with van der Waals surface area (Å²) < 4.78 is 6.51. The molecule has 4 heteroatoms. The molecule has 0 aliphatic rings. The van der Waals surface area contributed by atoms with E-state index in [1.165, 1.54) is 0 Å². The fraction of sp³-hybridized carbons (Fsp3) is 0.143. The number of aliphatic hydroxyl groups is 1. The summed E-state index contributed by atoms with van der Waals surface area (Å²) in [5, 5.41) is 10.1. The first kappa shape index (κ1) is 13.4. The van der Waals surface area contributed by atoms with Gasteiger partial charge in [-0.2, -0.15) is 0 Å². The molecule has 0 aromatic heterocycles. The van der Waals surface area contributed by atoms with Crippen LogP contribution in [0.3, 0.4) is 0 Å². The predicted octanol–water partition coefficient (Wildman–Crippen LogP) is 4.95. The quantitative estimate of drug-likeness (QED) is 0.864. The van der Waals surface area contributed by atoms with E-state index in [1.807, 2.05) is 24.3 Å². The summed E-state index contributed by atoms with van der Waals surface area (Å²) in [6.07, 6.45) is -0.471. The highest BCUT2D eigenvalue weighted by Gasteiger charge is 2.05. The molecule has 2 aromatic carbocycles.